The van der Waals surface area contributed by atoms with Gasteiger partial charge in [-0.1, -0.05) is 30.3 Å². The summed E-state index contributed by atoms with van der Waals surface area (Å²) >= 11 is 0. The third-order valence-electron chi connectivity index (χ3n) is 2.59. The molecule has 0 aliphatic heterocycles. The number of hydrogen-bond acceptors (Lipinski definition) is 6. The van der Waals surface area contributed by atoms with E-state index in [1.807, 2.05) is 30.3 Å². The lowest BCUT2D eigenvalue weighted by atomic mass is 10.2. The number of rotatable bonds is 2. The van der Waals surface area contributed by atoms with Gasteiger partial charge in [0.2, 0.25) is 5.82 Å². The summed E-state index contributed by atoms with van der Waals surface area (Å²) in [7, 11) is 0. The van der Waals surface area contributed by atoms with Gasteiger partial charge in [0.15, 0.2) is 5.82 Å². The molecule has 0 unspecified atom stereocenters. The summed E-state index contributed by atoms with van der Waals surface area (Å²) < 4.78 is 0. The smallest absolute Gasteiger partial charge is 0.205 e. The Labute approximate surface area is 108 Å². The van der Waals surface area contributed by atoms with Crippen LogP contribution in [0.25, 0.3) is 17.2 Å². The van der Waals surface area contributed by atoms with Gasteiger partial charge in [-0.3, -0.25) is 0 Å². The number of aromatic nitrogens is 5. The van der Waals surface area contributed by atoms with Crippen molar-refractivity contribution in [3.8, 4) is 17.2 Å². The van der Waals surface area contributed by atoms with Crippen LogP contribution in [0.15, 0.2) is 42.5 Å². The average molecular weight is 253 g/mol. The minimum absolute atomic E-state index is 0.246. The van der Waals surface area contributed by atoms with Gasteiger partial charge < -0.3 is 11.5 Å². The highest BCUT2D eigenvalue weighted by molar-refractivity contribution is 5.59. The highest BCUT2D eigenvalue weighted by Crippen LogP contribution is 2.15. The van der Waals surface area contributed by atoms with Crippen LogP contribution in [-0.2, 0) is 0 Å². The van der Waals surface area contributed by atoms with Crippen LogP contribution < -0.4 is 11.5 Å². The molecule has 3 rings (SSSR count). The first-order valence-electron chi connectivity index (χ1n) is 5.62. The molecule has 3 aromatic rings. The molecule has 0 amide bonds. The second kappa shape index (κ2) is 4.37. The molecule has 1 aromatic carbocycles. The lowest BCUT2D eigenvalue weighted by molar-refractivity contribution is 0.702. The molecule has 0 aliphatic carbocycles. The van der Waals surface area contributed by atoms with Crippen molar-refractivity contribution >= 4 is 11.5 Å². The van der Waals surface area contributed by atoms with Crippen LogP contribution in [0.1, 0.15) is 0 Å². The summed E-state index contributed by atoms with van der Waals surface area (Å²) in [6, 6.07) is 12.9. The fourth-order valence-corrected chi connectivity index (χ4v) is 1.60. The molecule has 0 aliphatic rings. The zero-order chi connectivity index (χ0) is 13.2. The summed E-state index contributed by atoms with van der Waals surface area (Å²) in [5.41, 5.74) is 12.6. The molecule has 19 heavy (non-hydrogen) atoms. The van der Waals surface area contributed by atoms with Gasteiger partial charge in [-0.15, -0.1) is 15.0 Å². The highest BCUT2D eigenvalue weighted by atomic mass is 15.6. The summed E-state index contributed by atoms with van der Waals surface area (Å²) in [5, 5.41) is 12.2. The van der Waals surface area contributed by atoms with E-state index in [0.717, 1.165) is 5.56 Å². The third-order valence-corrected chi connectivity index (χ3v) is 2.59. The fraction of sp³-hybridized carbons (Fsp3) is 0. The van der Waals surface area contributed by atoms with Crippen LogP contribution in [0.2, 0.25) is 0 Å². The average Bonchev–Trinajstić information content (AvgIpc) is 2.93. The van der Waals surface area contributed by atoms with Gasteiger partial charge >= 0.3 is 0 Å². The van der Waals surface area contributed by atoms with Crippen LogP contribution in [0.3, 0.4) is 0 Å². The van der Waals surface area contributed by atoms with E-state index >= 15 is 0 Å². The monoisotopic (exact) mass is 253 g/mol. The fourth-order valence-electron chi connectivity index (χ4n) is 1.60. The Balaban J connectivity index is 1.99. The number of benzene rings is 1. The molecular weight excluding hydrogens is 242 g/mol. The van der Waals surface area contributed by atoms with E-state index in [2.05, 4.69) is 20.4 Å². The predicted molar refractivity (Wildman–Crippen MR) is 71.2 cm³/mol. The molecule has 4 N–H and O–H groups in total. The second-order valence-corrected chi connectivity index (χ2v) is 3.91. The largest absolute Gasteiger partial charge is 0.396 e. The lowest BCUT2D eigenvalue weighted by Gasteiger charge is -2.01. The molecular formula is C12H11N7. The number of anilines is 2. The molecule has 2 heterocycles. The van der Waals surface area contributed by atoms with Gasteiger partial charge in [0.1, 0.15) is 5.82 Å². The van der Waals surface area contributed by atoms with Crippen molar-refractivity contribution in [3.05, 3.63) is 42.5 Å². The van der Waals surface area contributed by atoms with E-state index < -0.39 is 0 Å². The lowest BCUT2D eigenvalue weighted by Crippen LogP contribution is -2.06. The van der Waals surface area contributed by atoms with Gasteiger partial charge in [0.05, 0.1) is 5.69 Å². The van der Waals surface area contributed by atoms with Crippen molar-refractivity contribution in [2.24, 2.45) is 0 Å². The SMILES string of the molecule is Nc1ccc(-n2nnc(-c3ccccc3)n2)nc1N. The topological polar surface area (TPSA) is 109 Å². The van der Waals surface area contributed by atoms with Crippen molar-refractivity contribution < 1.29 is 0 Å². The Hall–Kier alpha value is -2.96. The molecule has 0 bridgehead atoms. The second-order valence-electron chi connectivity index (χ2n) is 3.91. The molecule has 0 spiro atoms. The number of nitrogens with two attached hydrogens (primary N) is 2. The molecule has 0 radical (unpaired) electrons. The Morgan fingerprint density at radius 1 is 0.947 bits per heavy atom. The molecule has 2 aromatic heterocycles. The number of hydrogen-bond donors (Lipinski definition) is 2. The quantitative estimate of drug-likeness (QED) is 0.702. The molecule has 0 saturated carbocycles. The normalized spacial score (nSPS) is 10.5. The summed E-state index contributed by atoms with van der Waals surface area (Å²) in [4.78, 5) is 5.42. The molecule has 7 heteroatoms. The van der Waals surface area contributed by atoms with Gasteiger partial charge in [-0.05, 0) is 17.3 Å². The van der Waals surface area contributed by atoms with Crippen LogP contribution in [0.4, 0.5) is 11.5 Å². The maximum atomic E-state index is 5.65. The van der Waals surface area contributed by atoms with Crippen molar-refractivity contribution in [2.75, 3.05) is 11.5 Å². The highest BCUT2D eigenvalue weighted by Gasteiger charge is 2.08. The first-order valence-corrected chi connectivity index (χ1v) is 5.62. The summed E-state index contributed by atoms with van der Waals surface area (Å²) in [5.74, 6) is 1.25. The van der Waals surface area contributed by atoms with E-state index in [9.17, 15) is 0 Å². The van der Waals surface area contributed by atoms with Crippen molar-refractivity contribution in [2.45, 2.75) is 0 Å². The third kappa shape index (κ3) is 2.08. The summed E-state index contributed by atoms with van der Waals surface area (Å²) in [6.07, 6.45) is 0. The summed E-state index contributed by atoms with van der Waals surface area (Å²) in [6.45, 7) is 0. The minimum Gasteiger partial charge on any atom is -0.396 e. The molecule has 0 saturated heterocycles. The van der Waals surface area contributed by atoms with Gasteiger partial charge in [-0.25, -0.2) is 4.98 Å². The number of pyridine rings is 1. The Bertz CT molecular complexity index is 705. The molecule has 0 fully saturated rings. The molecule has 7 nitrogen and oxygen atoms in total. The first-order chi connectivity index (χ1) is 9.24. The zero-order valence-electron chi connectivity index (χ0n) is 9.93. The maximum absolute atomic E-state index is 5.65. The van der Waals surface area contributed by atoms with Crippen LogP contribution in [0, 0.1) is 0 Å². The van der Waals surface area contributed by atoms with E-state index in [0.29, 0.717) is 17.3 Å². The van der Waals surface area contributed by atoms with Gasteiger partial charge in [0.25, 0.3) is 0 Å². The van der Waals surface area contributed by atoms with Crippen molar-refractivity contribution in [1.29, 1.82) is 0 Å². The van der Waals surface area contributed by atoms with E-state index in [1.54, 1.807) is 12.1 Å². The van der Waals surface area contributed by atoms with Crippen LogP contribution in [-0.4, -0.2) is 25.2 Å². The van der Waals surface area contributed by atoms with Crippen LogP contribution >= 0.6 is 0 Å². The maximum Gasteiger partial charge on any atom is 0.205 e. The Kier molecular flexibility index (Phi) is 2.57. The zero-order valence-corrected chi connectivity index (χ0v) is 9.93. The van der Waals surface area contributed by atoms with Gasteiger partial charge in [-0.2, -0.15) is 0 Å². The number of nitrogen functional groups attached to an aromatic ring is 2. The van der Waals surface area contributed by atoms with E-state index in [1.165, 1.54) is 4.80 Å². The van der Waals surface area contributed by atoms with Crippen LogP contribution in [0.5, 0.6) is 0 Å². The minimum atomic E-state index is 0.246. The van der Waals surface area contributed by atoms with E-state index in [-0.39, 0.29) is 5.82 Å². The van der Waals surface area contributed by atoms with Crippen molar-refractivity contribution in [3.63, 3.8) is 0 Å². The predicted octanol–water partition coefficient (Wildman–Crippen LogP) is 0.889. The molecule has 0 atom stereocenters. The number of nitrogens with zero attached hydrogens (tertiary/aromatic N) is 5. The number of tetrazole rings is 1. The van der Waals surface area contributed by atoms with Crippen molar-refractivity contribution in [1.82, 2.24) is 25.2 Å². The van der Waals surface area contributed by atoms with E-state index in [4.69, 9.17) is 11.5 Å². The Morgan fingerprint density at radius 2 is 1.74 bits per heavy atom. The Morgan fingerprint density at radius 3 is 2.47 bits per heavy atom. The molecule has 94 valence electrons. The standard InChI is InChI=1S/C12H11N7/c13-9-6-7-10(15-11(9)14)19-17-12(16-18-19)8-4-2-1-3-5-8/h1-7H,13H2,(H2,14,15). The first kappa shape index (κ1) is 11.1. The van der Waals surface area contributed by atoms with Gasteiger partial charge in [0, 0.05) is 5.56 Å².